The lowest BCUT2D eigenvalue weighted by Crippen LogP contribution is -2.48. The zero-order chi connectivity index (χ0) is 15.2. The van der Waals surface area contributed by atoms with E-state index in [9.17, 15) is 9.59 Å². The van der Waals surface area contributed by atoms with Gasteiger partial charge >= 0.3 is 12.0 Å². The van der Waals surface area contributed by atoms with E-state index in [0.717, 1.165) is 10.0 Å². The molecule has 0 aliphatic carbocycles. The van der Waals surface area contributed by atoms with Crippen LogP contribution in [-0.4, -0.2) is 22.6 Å². The molecular formula is C14H19BrN2O3. The van der Waals surface area contributed by atoms with E-state index in [1.165, 1.54) is 0 Å². The predicted octanol–water partition coefficient (Wildman–Crippen LogP) is 2.89. The summed E-state index contributed by atoms with van der Waals surface area (Å²) in [5.41, 5.74) is 0.419. The lowest BCUT2D eigenvalue weighted by atomic mass is 9.99. The number of nitrogens with one attached hydrogen (secondary N) is 2. The number of carbonyl (C=O) groups is 2. The zero-order valence-electron chi connectivity index (χ0n) is 11.6. The van der Waals surface area contributed by atoms with E-state index in [1.54, 1.807) is 13.8 Å². The van der Waals surface area contributed by atoms with Crippen molar-refractivity contribution in [2.24, 2.45) is 0 Å². The molecule has 20 heavy (non-hydrogen) atoms. The van der Waals surface area contributed by atoms with Crippen LogP contribution >= 0.6 is 15.9 Å². The van der Waals surface area contributed by atoms with Gasteiger partial charge in [-0.25, -0.2) is 4.79 Å². The molecule has 0 saturated heterocycles. The molecule has 6 heteroatoms. The number of amides is 2. The largest absolute Gasteiger partial charge is 0.481 e. The van der Waals surface area contributed by atoms with Crippen molar-refractivity contribution in [1.29, 1.82) is 0 Å². The maximum atomic E-state index is 11.8. The molecule has 0 heterocycles. The average molecular weight is 343 g/mol. The van der Waals surface area contributed by atoms with Gasteiger partial charge in [0.15, 0.2) is 0 Å². The summed E-state index contributed by atoms with van der Waals surface area (Å²) >= 11 is 3.41. The van der Waals surface area contributed by atoms with Crippen LogP contribution in [0, 0.1) is 0 Å². The van der Waals surface area contributed by atoms with Gasteiger partial charge in [-0.15, -0.1) is 0 Å². The van der Waals surface area contributed by atoms with Crippen molar-refractivity contribution in [2.45, 2.75) is 38.8 Å². The number of hydrogen-bond donors (Lipinski definition) is 3. The van der Waals surface area contributed by atoms with Crippen molar-refractivity contribution in [1.82, 2.24) is 10.6 Å². The van der Waals surface area contributed by atoms with Crippen LogP contribution in [0.1, 0.15) is 32.3 Å². The highest BCUT2D eigenvalue weighted by Crippen LogP contribution is 2.15. The second-order valence-corrected chi connectivity index (χ2v) is 6.03. The second kappa shape index (κ2) is 7.28. The highest BCUT2D eigenvalue weighted by atomic mass is 79.9. The van der Waals surface area contributed by atoms with Crippen molar-refractivity contribution in [3.05, 3.63) is 34.3 Å². The molecule has 0 unspecified atom stereocenters. The Labute approximate surface area is 126 Å². The first-order valence-electron chi connectivity index (χ1n) is 6.31. The molecule has 0 atom stereocenters. The molecule has 0 radical (unpaired) electrons. The maximum Gasteiger partial charge on any atom is 0.315 e. The lowest BCUT2D eigenvalue weighted by Gasteiger charge is -2.25. The third kappa shape index (κ3) is 6.06. The number of urea groups is 1. The lowest BCUT2D eigenvalue weighted by molar-refractivity contribution is -0.137. The maximum absolute atomic E-state index is 11.8. The van der Waals surface area contributed by atoms with Crippen LogP contribution in [0.15, 0.2) is 28.7 Å². The highest BCUT2D eigenvalue weighted by Gasteiger charge is 2.21. The van der Waals surface area contributed by atoms with E-state index in [2.05, 4.69) is 26.6 Å². The van der Waals surface area contributed by atoms with E-state index < -0.39 is 11.5 Å². The first-order chi connectivity index (χ1) is 9.30. The minimum absolute atomic E-state index is 0.0253. The first kappa shape index (κ1) is 16.5. The van der Waals surface area contributed by atoms with Crippen molar-refractivity contribution in [3.63, 3.8) is 0 Å². The number of halogens is 1. The summed E-state index contributed by atoms with van der Waals surface area (Å²) in [6, 6.07) is 7.32. The van der Waals surface area contributed by atoms with Gasteiger partial charge in [0.1, 0.15) is 0 Å². The molecule has 0 spiro atoms. The fourth-order valence-electron chi connectivity index (χ4n) is 1.65. The molecule has 0 aliphatic rings. The fourth-order valence-corrected chi connectivity index (χ4v) is 2.08. The van der Waals surface area contributed by atoms with Gasteiger partial charge < -0.3 is 15.7 Å². The van der Waals surface area contributed by atoms with E-state index in [-0.39, 0.29) is 12.5 Å². The molecule has 0 bridgehead atoms. The Balaban J connectivity index is 2.43. The smallest absolute Gasteiger partial charge is 0.315 e. The van der Waals surface area contributed by atoms with Crippen molar-refractivity contribution in [2.75, 3.05) is 0 Å². The molecule has 2 amide bonds. The summed E-state index contributed by atoms with van der Waals surface area (Å²) in [4.78, 5) is 22.3. The summed E-state index contributed by atoms with van der Waals surface area (Å²) < 4.78 is 0.936. The molecule has 5 nitrogen and oxygen atoms in total. The summed E-state index contributed by atoms with van der Waals surface area (Å²) in [5.74, 6) is -0.867. The number of carboxylic acids is 1. The van der Waals surface area contributed by atoms with Gasteiger partial charge in [-0.1, -0.05) is 34.1 Å². The fraction of sp³-hybridized carbons (Fsp3) is 0.429. The van der Waals surface area contributed by atoms with Gasteiger partial charge in [0.2, 0.25) is 0 Å². The van der Waals surface area contributed by atoms with Gasteiger partial charge in [0, 0.05) is 23.0 Å². The van der Waals surface area contributed by atoms with Gasteiger partial charge in [-0.05, 0) is 31.9 Å². The SMILES string of the molecule is CC(C)(CCC(=O)O)NC(=O)NCc1ccccc1Br. The Morgan fingerprint density at radius 2 is 1.95 bits per heavy atom. The number of aliphatic carboxylic acids is 1. The Bertz CT molecular complexity index is 489. The topological polar surface area (TPSA) is 78.4 Å². The number of rotatable bonds is 6. The van der Waals surface area contributed by atoms with Crippen LogP contribution in [0.3, 0.4) is 0 Å². The number of carbonyl (C=O) groups excluding carboxylic acids is 1. The standard InChI is InChI=1S/C14H19BrN2O3/c1-14(2,8-7-12(18)19)17-13(20)16-9-10-5-3-4-6-11(10)15/h3-6H,7-9H2,1-2H3,(H,18,19)(H2,16,17,20). The van der Waals surface area contributed by atoms with E-state index >= 15 is 0 Å². The third-order valence-corrected chi connectivity index (χ3v) is 3.59. The zero-order valence-corrected chi connectivity index (χ0v) is 13.2. The third-order valence-electron chi connectivity index (χ3n) is 2.81. The number of benzene rings is 1. The van der Waals surface area contributed by atoms with Crippen LogP contribution in [0.25, 0.3) is 0 Å². The molecule has 0 aromatic heterocycles. The summed E-state index contributed by atoms with van der Waals surface area (Å²) in [6.07, 6.45) is 0.405. The summed E-state index contributed by atoms with van der Waals surface area (Å²) in [7, 11) is 0. The summed E-state index contributed by atoms with van der Waals surface area (Å²) in [6.45, 7) is 4.00. The van der Waals surface area contributed by atoms with Crippen molar-refractivity contribution >= 4 is 27.9 Å². The van der Waals surface area contributed by atoms with Crippen LogP contribution in [-0.2, 0) is 11.3 Å². The highest BCUT2D eigenvalue weighted by molar-refractivity contribution is 9.10. The minimum atomic E-state index is -0.867. The molecule has 1 rings (SSSR count). The van der Waals surface area contributed by atoms with Crippen molar-refractivity contribution < 1.29 is 14.7 Å². The Hall–Kier alpha value is -1.56. The minimum Gasteiger partial charge on any atom is -0.481 e. The van der Waals surface area contributed by atoms with Crippen LogP contribution in [0.5, 0.6) is 0 Å². The first-order valence-corrected chi connectivity index (χ1v) is 7.11. The Kier molecular flexibility index (Phi) is 6.01. The van der Waals surface area contributed by atoms with Gasteiger partial charge in [0.25, 0.3) is 0 Å². The van der Waals surface area contributed by atoms with Crippen LogP contribution in [0.2, 0.25) is 0 Å². The van der Waals surface area contributed by atoms with Crippen LogP contribution < -0.4 is 10.6 Å². The molecule has 110 valence electrons. The second-order valence-electron chi connectivity index (χ2n) is 5.18. The quantitative estimate of drug-likeness (QED) is 0.743. The number of hydrogen-bond acceptors (Lipinski definition) is 2. The Morgan fingerprint density at radius 1 is 1.30 bits per heavy atom. The monoisotopic (exact) mass is 342 g/mol. The number of carboxylic acid groups (broad SMARTS) is 1. The van der Waals surface area contributed by atoms with Crippen molar-refractivity contribution in [3.8, 4) is 0 Å². The van der Waals surface area contributed by atoms with E-state index in [1.807, 2.05) is 24.3 Å². The molecule has 0 saturated carbocycles. The van der Waals surface area contributed by atoms with Gasteiger partial charge in [-0.2, -0.15) is 0 Å². The van der Waals surface area contributed by atoms with Gasteiger partial charge in [-0.3, -0.25) is 4.79 Å². The molecule has 3 N–H and O–H groups in total. The molecular weight excluding hydrogens is 324 g/mol. The molecule has 1 aromatic carbocycles. The molecule has 1 aromatic rings. The van der Waals surface area contributed by atoms with Crippen LogP contribution in [0.4, 0.5) is 4.79 Å². The van der Waals surface area contributed by atoms with E-state index in [4.69, 9.17) is 5.11 Å². The Morgan fingerprint density at radius 3 is 2.55 bits per heavy atom. The predicted molar refractivity (Wildman–Crippen MR) is 80.5 cm³/mol. The molecule has 0 aliphatic heterocycles. The normalized spacial score (nSPS) is 10.9. The van der Waals surface area contributed by atoms with Gasteiger partial charge in [0.05, 0.1) is 0 Å². The van der Waals surface area contributed by atoms with E-state index in [0.29, 0.717) is 13.0 Å². The molecule has 0 fully saturated rings. The summed E-state index contributed by atoms with van der Waals surface area (Å²) in [5, 5.41) is 14.2. The average Bonchev–Trinajstić information content (AvgIpc) is 2.35.